The third-order valence-electron chi connectivity index (χ3n) is 4.95. The van der Waals surface area contributed by atoms with Crippen LogP contribution in [0.15, 0.2) is 41.8 Å². The average Bonchev–Trinajstić information content (AvgIpc) is 3.27. The summed E-state index contributed by atoms with van der Waals surface area (Å²) in [4.78, 5) is 24.8. The van der Waals surface area contributed by atoms with Crippen LogP contribution in [0.4, 0.5) is 0 Å². The Morgan fingerprint density at radius 1 is 1.21 bits per heavy atom. The zero-order chi connectivity index (χ0) is 16.8. The van der Waals surface area contributed by atoms with Crippen LogP contribution >= 0.6 is 11.3 Å². The summed E-state index contributed by atoms with van der Waals surface area (Å²) >= 11 is 1.69. The van der Waals surface area contributed by atoms with Crippen LogP contribution < -0.4 is 5.32 Å². The number of fused-ring (bicyclic) bond motifs is 1. The molecule has 3 heterocycles. The summed E-state index contributed by atoms with van der Waals surface area (Å²) in [6, 6.07) is 12.1. The van der Waals surface area contributed by atoms with E-state index in [0.717, 1.165) is 11.1 Å². The molecule has 2 saturated heterocycles. The Morgan fingerprint density at radius 2 is 1.96 bits per heavy atom. The molecule has 6 heteroatoms. The van der Waals surface area contributed by atoms with Crippen LogP contribution in [0.3, 0.4) is 0 Å². The summed E-state index contributed by atoms with van der Waals surface area (Å²) in [6.07, 6.45) is 0.553. The molecule has 1 aromatic heterocycles. The fourth-order valence-electron chi connectivity index (χ4n) is 3.53. The van der Waals surface area contributed by atoms with Crippen molar-refractivity contribution in [3.05, 3.63) is 47.3 Å². The number of amides is 1. The van der Waals surface area contributed by atoms with Crippen molar-refractivity contribution in [3.63, 3.8) is 0 Å². The van der Waals surface area contributed by atoms with Gasteiger partial charge in [0.15, 0.2) is 0 Å². The molecule has 5 rings (SSSR count). The van der Waals surface area contributed by atoms with Crippen LogP contribution in [-0.4, -0.2) is 29.2 Å². The highest BCUT2D eigenvalue weighted by molar-refractivity contribution is 7.13. The lowest BCUT2D eigenvalue weighted by atomic mass is 9.62. The van der Waals surface area contributed by atoms with E-state index in [0.29, 0.717) is 6.54 Å². The van der Waals surface area contributed by atoms with Gasteiger partial charge in [0.2, 0.25) is 0 Å². The molecule has 1 aromatic carbocycles. The van der Waals surface area contributed by atoms with Crippen LogP contribution in [0.2, 0.25) is 0 Å². The number of nitrogens with one attached hydrogen (secondary N) is 1. The Bertz CT molecular complexity index is 776. The molecule has 2 aromatic rings. The van der Waals surface area contributed by atoms with Crippen molar-refractivity contribution in [2.24, 2.45) is 5.41 Å². The van der Waals surface area contributed by atoms with Gasteiger partial charge in [0, 0.05) is 24.3 Å². The van der Waals surface area contributed by atoms with E-state index < -0.39 is 17.0 Å². The Hall–Kier alpha value is -2.18. The highest BCUT2D eigenvalue weighted by Gasteiger charge is 2.70. The third-order valence-corrected chi connectivity index (χ3v) is 5.87. The van der Waals surface area contributed by atoms with Crippen molar-refractivity contribution in [3.8, 4) is 10.4 Å². The Kier molecular flexibility index (Phi) is 3.47. The van der Waals surface area contributed by atoms with Gasteiger partial charge in [0.1, 0.15) is 5.60 Å². The lowest BCUT2D eigenvalue weighted by molar-refractivity contribution is -0.158. The first-order valence-electron chi connectivity index (χ1n) is 7.82. The fraction of sp³-hybridized carbons (Fsp3) is 0.333. The molecular weight excluding hydrogens is 326 g/mol. The Labute approximate surface area is 143 Å². The zero-order valence-corrected chi connectivity index (χ0v) is 13.8. The molecule has 1 amide bonds. The summed E-state index contributed by atoms with van der Waals surface area (Å²) in [5, 5.41) is 14.1. The minimum absolute atomic E-state index is 0.130. The summed E-state index contributed by atoms with van der Waals surface area (Å²) in [5.41, 5.74) is 0.375. The third kappa shape index (κ3) is 2.34. The molecule has 24 heavy (non-hydrogen) atoms. The molecule has 0 atom stereocenters. The molecule has 1 aliphatic carbocycles. The first-order chi connectivity index (χ1) is 11.5. The predicted molar refractivity (Wildman–Crippen MR) is 89.6 cm³/mol. The molecule has 2 N–H and O–H groups in total. The van der Waals surface area contributed by atoms with E-state index in [1.165, 1.54) is 4.88 Å². The van der Waals surface area contributed by atoms with Crippen molar-refractivity contribution in [1.82, 2.24) is 5.32 Å². The maximum Gasteiger partial charge on any atom is 0.312 e. The molecule has 3 aliphatic rings. The zero-order valence-electron chi connectivity index (χ0n) is 13.0. The quantitative estimate of drug-likeness (QED) is 0.875. The molecule has 3 fully saturated rings. The van der Waals surface area contributed by atoms with Crippen LogP contribution in [-0.2, 0) is 20.9 Å². The van der Waals surface area contributed by atoms with Gasteiger partial charge in [-0.3, -0.25) is 9.59 Å². The van der Waals surface area contributed by atoms with Crippen molar-refractivity contribution in [1.29, 1.82) is 0 Å². The topological polar surface area (TPSA) is 75.6 Å². The van der Waals surface area contributed by atoms with Gasteiger partial charge < -0.3 is 15.2 Å². The van der Waals surface area contributed by atoms with E-state index in [4.69, 9.17) is 4.74 Å². The number of aliphatic carboxylic acids is 1. The Morgan fingerprint density at radius 3 is 2.54 bits per heavy atom. The summed E-state index contributed by atoms with van der Waals surface area (Å²) in [5.74, 6) is -1.08. The van der Waals surface area contributed by atoms with Gasteiger partial charge in [-0.05, 0) is 22.6 Å². The number of carbonyl (C=O) groups is 2. The minimum atomic E-state index is -0.935. The van der Waals surface area contributed by atoms with Gasteiger partial charge in [-0.2, -0.15) is 0 Å². The predicted octanol–water partition coefficient (Wildman–Crippen LogP) is 2.67. The number of benzene rings is 1. The van der Waals surface area contributed by atoms with Crippen LogP contribution in [0.1, 0.15) is 18.4 Å². The van der Waals surface area contributed by atoms with E-state index in [-0.39, 0.29) is 25.4 Å². The number of rotatable bonds is 5. The molecule has 0 radical (unpaired) electrons. The first kappa shape index (κ1) is 15.4. The molecular formula is C18H17NO4S. The number of carboxylic acids is 1. The summed E-state index contributed by atoms with van der Waals surface area (Å²) in [6.45, 7) is 0.542. The fourth-order valence-corrected chi connectivity index (χ4v) is 4.27. The van der Waals surface area contributed by atoms with Crippen LogP contribution in [0.5, 0.6) is 0 Å². The number of carboxylic acid groups (broad SMARTS) is 1. The molecule has 0 unspecified atom stereocenters. The number of thiophene rings is 1. The molecule has 2 bridgehead atoms. The maximum absolute atomic E-state index is 12.4. The smallest absolute Gasteiger partial charge is 0.312 e. The van der Waals surface area contributed by atoms with E-state index in [2.05, 4.69) is 11.4 Å². The van der Waals surface area contributed by atoms with Crippen molar-refractivity contribution < 1.29 is 19.4 Å². The molecule has 2 aliphatic heterocycles. The molecule has 1 saturated carbocycles. The first-order valence-corrected chi connectivity index (χ1v) is 8.70. The second-order valence-corrected chi connectivity index (χ2v) is 7.53. The normalized spacial score (nSPS) is 27.5. The van der Waals surface area contributed by atoms with E-state index >= 15 is 0 Å². The molecule has 5 nitrogen and oxygen atoms in total. The highest BCUT2D eigenvalue weighted by atomic mass is 32.1. The number of hydrogen-bond acceptors (Lipinski definition) is 4. The SMILES string of the molecule is O=C(O)C12COC(C(=O)NCc3ccc(-c4cccs4)cc3)(C1)C2. The van der Waals surface area contributed by atoms with Crippen molar-refractivity contribution in [2.45, 2.75) is 25.0 Å². The minimum Gasteiger partial charge on any atom is -0.481 e. The number of carbonyl (C=O) groups excluding carboxylic acids is 1. The highest BCUT2D eigenvalue weighted by Crippen LogP contribution is 2.58. The molecule has 0 spiro atoms. The van der Waals surface area contributed by atoms with E-state index in [1.54, 1.807) is 11.3 Å². The van der Waals surface area contributed by atoms with E-state index in [1.807, 2.05) is 35.7 Å². The molecule has 124 valence electrons. The average molecular weight is 343 g/mol. The second kappa shape index (κ2) is 5.43. The maximum atomic E-state index is 12.4. The lowest BCUT2D eigenvalue weighted by Crippen LogP contribution is -2.57. The summed E-state index contributed by atoms with van der Waals surface area (Å²) < 4.78 is 5.51. The number of ether oxygens (including phenoxy) is 1. The lowest BCUT2D eigenvalue weighted by Gasteiger charge is -2.40. The van der Waals surface area contributed by atoms with Gasteiger partial charge >= 0.3 is 5.97 Å². The van der Waals surface area contributed by atoms with Gasteiger partial charge in [-0.25, -0.2) is 0 Å². The van der Waals surface area contributed by atoms with Gasteiger partial charge in [0.05, 0.1) is 12.0 Å². The van der Waals surface area contributed by atoms with Crippen LogP contribution in [0, 0.1) is 5.41 Å². The van der Waals surface area contributed by atoms with Crippen molar-refractivity contribution in [2.75, 3.05) is 6.61 Å². The second-order valence-electron chi connectivity index (χ2n) is 6.58. The monoisotopic (exact) mass is 343 g/mol. The van der Waals surface area contributed by atoms with E-state index in [9.17, 15) is 14.7 Å². The van der Waals surface area contributed by atoms with Crippen molar-refractivity contribution >= 4 is 23.2 Å². The summed E-state index contributed by atoms with van der Waals surface area (Å²) in [7, 11) is 0. The standard InChI is InChI=1S/C18H17NO4S/c20-15(18-9-17(10-18,11-23-18)16(21)22)19-8-12-3-5-13(6-4-12)14-2-1-7-24-14/h1-7H,8-11H2,(H,19,20)(H,21,22). The van der Waals surface area contributed by atoms with Gasteiger partial charge in [0.25, 0.3) is 5.91 Å². The van der Waals surface area contributed by atoms with Gasteiger partial charge in [-0.15, -0.1) is 11.3 Å². The van der Waals surface area contributed by atoms with Gasteiger partial charge in [-0.1, -0.05) is 30.3 Å². The Balaban J connectivity index is 1.36. The number of hydrogen-bond donors (Lipinski definition) is 2. The van der Waals surface area contributed by atoms with Crippen LogP contribution in [0.25, 0.3) is 10.4 Å². The largest absolute Gasteiger partial charge is 0.481 e.